The Balaban J connectivity index is 1.86. The van der Waals surface area contributed by atoms with Gasteiger partial charge in [-0.1, -0.05) is 0 Å². The van der Waals surface area contributed by atoms with Crippen LogP contribution in [0.25, 0.3) is 0 Å². The summed E-state index contributed by atoms with van der Waals surface area (Å²) in [6, 6.07) is 0. The summed E-state index contributed by atoms with van der Waals surface area (Å²) in [7, 11) is 1.35. The third kappa shape index (κ3) is 2.82. The lowest BCUT2D eigenvalue weighted by Gasteiger charge is -2.15. The van der Waals surface area contributed by atoms with Gasteiger partial charge in [0.1, 0.15) is 0 Å². The highest BCUT2D eigenvalue weighted by Crippen LogP contribution is 2.19. The van der Waals surface area contributed by atoms with Crippen molar-refractivity contribution in [1.82, 2.24) is 9.88 Å². The molecule has 1 aromatic heterocycles. The van der Waals surface area contributed by atoms with Crippen LogP contribution in [0.1, 0.15) is 11.3 Å². The average molecular weight is 254 g/mol. The molecule has 0 saturated carbocycles. The Hall–Kier alpha value is -1.43. The highest BCUT2D eigenvalue weighted by Gasteiger charge is 2.34. The predicted molar refractivity (Wildman–Crippen MR) is 62.5 cm³/mol. The Bertz CT molecular complexity index is 405. The van der Waals surface area contributed by atoms with Crippen LogP contribution in [0.2, 0.25) is 0 Å². The first-order valence-electron chi connectivity index (χ1n) is 5.43. The van der Waals surface area contributed by atoms with Gasteiger partial charge in [-0.25, -0.2) is 0 Å². The number of ether oxygens (including phenoxy) is 1. The van der Waals surface area contributed by atoms with E-state index in [1.54, 1.807) is 21.7 Å². The summed E-state index contributed by atoms with van der Waals surface area (Å²) >= 11 is 1.58. The van der Waals surface area contributed by atoms with Crippen molar-refractivity contribution < 1.29 is 14.3 Å². The fourth-order valence-corrected chi connectivity index (χ4v) is 2.51. The van der Waals surface area contributed by atoms with E-state index < -0.39 is 0 Å². The van der Waals surface area contributed by atoms with Gasteiger partial charge in [0.05, 0.1) is 18.5 Å². The molecule has 1 aromatic rings. The van der Waals surface area contributed by atoms with Crippen LogP contribution in [0.15, 0.2) is 11.7 Å². The van der Waals surface area contributed by atoms with Gasteiger partial charge >= 0.3 is 5.97 Å². The van der Waals surface area contributed by atoms with Gasteiger partial charge in [-0.05, 0) is 0 Å². The van der Waals surface area contributed by atoms with Crippen LogP contribution in [0, 0.1) is 5.92 Å². The molecule has 1 amide bonds. The Morgan fingerprint density at radius 1 is 1.71 bits per heavy atom. The summed E-state index contributed by atoms with van der Waals surface area (Å²) in [6.45, 7) is 1.12. The minimum Gasteiger partial charge on any atom is -0.469 e. The van der Waals surface area contributed by atoms with Gasteiger partial charge in [0.15, 0.2) is 0 Å². The number of carbonyl (C=O) groups is 2. The van der Waals surface area contributed by atoms with Crippen LogP contribution < -0.4 is 0 Å². The fraction of sp³-hybridized carbons (Fsp3) is 0.545. The standard InChI is InChI=1S/C11H14N2O3S/c1-16-11(15)8-4-10(14)13(6-8)3-2-9-5-12-7-17-9/h5,7-8H,2-4,6H2,1H3. The highest BCUT2D eigenvalue weighted by atomic mass is 32.1. The third-order valence-corrected chi connectivity index (χ3v) is 3.70. The number of carbonyl (C=O) groups excluding carboxylic acids is 2. The van der Waals surface area contributed by atoms with Gasteiger partial charge in [0, 0.05) is 37.0 Å². The topological polar surface area (TPSA) is 59.5 Å². The van der Waals surface area contributed by atoms with Crippen LogP contribution >= 0.6 is 11.3 Å². The van der Waals surface area contributed by atoms with E-state index in [1.807, 2.05) is 6.20 Å². The average Bonchev–Trinajstić information content (AvgIpc) is 2.95. The summed E-state index contributed by atoms with van der Waals surface area (Å²) < 4.78 is 4.66. The van der Waals surface area contributed by atoms with Crippen LogP contribution in [-0.2, 0) is 20.7 Å². The smallest absolute Gasteiger partial charge is 0.310 e. The van der Waals surface area contributed by atoms with Crippen molar-refractivity contribution in [2.24, 2.45) is 5.92 Å². The highest BCUT2D eigenvalue weighted by molar-refractivity contribution is 7.09. The summed E-state index contributed by atoms with van der Waals surface area (Å²) in [5.74, 6) is -0.558. The third-order valence-electron chi connectivity index (χ3n) is 2.86. The number of thiazole rings is 1. The number of methoxy groups -OCH3 is 1. The van der Waals surface area contributed by atoms with Crippen LogP contribution in [0.4, 0.5) is 0 Å². The first-order valence-corrected chi connectivity index (χ1v) is 6.31. The molecule has 1 fully saturated rings. The van der Waals surface area contributed by atoms with E-state index >= 15 is 0 Å². The molecule has 0 aliphatic carbocycles. The van der Waals surface area contributed by atoms with E-state index in [-0.39, 0.29) is 24.2 Å². The first kappa shape index (κ1) is 12.0. The van der Waals surface area contributed by atoms with Gasteiger partial charge < -0.3 is 9.64 Å². The fourth-order valence-electron chi connectivity index (χ4n) is 1.92. The number of hydrogen-bond acceptors (Lipinski definition) is 5. The Morgan fingerprint density at radius 2 is 2.53 bits per heavy atom. The number of esters is 1. The van der Waals surface area contributed by atoms with Gasteiger partial charge in [-0.2, -0.15) is 0 Å². The van der Waals surface area contributed by atoms with Crippen molar-refractivity contribution in [3.05, 3.63) is 16.6 Å². The van der Waals surface area contributed by atoms with Crippen molar-refractivity contribution in [2.45, 2.75) is 12.8 Å². The maximum atomic E-state index is 11.7. The number of rotatable bonds is 4. The first-order chi connectivity index (χ1) is 8.20. The van der Waals surface area contributed by atoms with E-state index in [0.717, 1.165) is 11.3 Å². The number of aromatic nitrogens is 1. The molecule has 0 N–H and O–H groups in total. The van der Waals surface area contributed by atoms with Crippen molar-refractivity contribution in [3.8, 4) is 0 Å². The maximum absolute atomic E-state index is 11.7. The van der Waals surface area contributed by atoms with Gasteiger partial charge in [0.25, 0.3) is 0 Å². The quantitative estimate of drug-likeness (QED) is 0.742. The zero-order valence-electron chi connectivity index (χ0n) is 9.59. The maximum Gasteiger partial charge on any atom is 0.310 e. The van der Waals surface area contributed by atoms with Crippen molar-refractivity contribution in [3.63, 3.8) is 0 Å². The second-order valence-electron chi connectivity index (χ2n) is 3.98. The number of hydrogen-bond donors (Lipinski definition) is 0. The molecule has 0 aromatic carbocycles. The predicted octanol–water partition coefficient (Wildman–Crippen LogP) is 0.707. The second-order valence-corrected chi connectivity index (χ2v) is 4.95. The van der Waals surface area contributed by atoms with Crippen LogP contribution in [-0.4, -0.2) is 42.0 Å². The molecule has 2 heterocycles. The molecule has 1 atom stereocenters. The van der Waals surface area contributed by atoms with E-state index in [2.05, 4.69) is 9.72 Å². The van der Waals surface area contributed by atoms with Gasteiger partial charge in [0.2, 0.25) is 5.91 Å². The molecule has 0 radical (unpaired) electrons. The molecule has 17 heavy (non-hydrogen) atoms. The molecule has 1 saturated heterocycles. The lowest BCUT2D eigenvalue weighted by atomic mass is 10.1. The summed E-state index contributed by atoms with van der Waals surface area (Å²) in [5, 5.41) is 0. The second kappa shape index (κ2) is 5.27. The molecule has 0 bridgehead atoms. The summed E-state index contributed by atoms with van der Waals surface area (Å²) in [6.07, 6.45) is 2.88. The molecule has 92 valence electrons. The normalized spacial score (nSPS) is 19.7. The van der Waals surface area contributed by atoms with E-state index in [0.29, 0.717) is 13.1 Å². The molecule has 0 spiro atoms. The van der Waals surface area contributed by atoms with Crippen LogP contribution in [0.5, 0.6) is 0 Å². The van der Waals surface area contributed by atoms with Crippen molar-refractivity contribution >= 4 is 23.2 Å². The Kier molecular flexibility index (Phi) is 3.73. The zero-order valence-corrected chi connectivity index (χ0v) is 10.4. The molecule has 1 aliphatic rings. The molecule has 2 rings (SSSR count). The van der Waals surface area contributed by atoms with Gasteiger partial charge in [-0.15, -0.1) is 11.3 Å². The number of amides is 1. The summed E-state index contributed by atoms with van der Waals surface area (Å²) in [5.41, 5.74) is 1.78. The monoisotopic (exact) mass is 254 g/mol. The van der Waals surface area contributed by atoms with E-state index in [4.69, 9.17) is 0 Å². The molecule has 6 heteroatoms. The largest absolute Gasteiger partial charge is 0.469 e. The number of nitrogens with zero attached hydrogens (tertiary/aromatic N) is 2. The lowest BCUT2D eigenvalue weighted by molar-refractivity contribution is -0.145. The Labute approximate surface area is 103 Å². The number of likely N-dealkylation sites (tertiary alicyclic amines) is 1. The molecular weight excluding hydrogens is 240 g/mol. The Morgan fingerprint density at radius 3 is 3.18 bits per heavy atom. The van der Waals surface area contributed by atoms with Crippen molar-refractivity contribution in [1.29, 1.82) is 0 Å². The summed E-state index contributed by atoms with van der Waals surface area (Å²) in [4.78, 5) is 29.9. The lowest BCUT2D eigenvalue weighted by Crippen LogP contribution is -2.28. The van der Waals surface area contributed by atoms with Crippen LogP contribution in [0.3, 0.4) is 0 Å². The SMILES string of the molecule is COC(=O)C1CC(=O)N(CCc2cncs2)C1. The molecular formula is C11H14N2O3S. The van der Waals surface area contributed by atoms with Gasteiger partial charge in [-0.3, -0.25) is 14.6 Å². The zero-order chi connectivity index (χ0) is 12.3. The van der Waals surface area contributed by atoms with Crippen molar-refractivity contribution in [2.75, 3.05) is 20.2 Å². The molecule has 1 aliphatic heterocycles. The molecule has 1 unspecified atom stereocenters. The minimum atomic E-state index is -0.297. The van der Waals surface area contributed by atoms with E-state index in [1.165, 1.54) is 7.11 Å². The molecule has 5 nitrogen and oxygen atoms in total. The minimum absolute atomic E-state index is 0.0323. The van der Waals surface area contributed by atoms with E-state index in [9.17, 15) is 9.59 Å².